The topological polar surface area (TPSA) is 62.2 Å². The first kappa shape index (κ1) is 19.0. The Kier molecular flexibility index (Phi) is 5.50. The zero-order valence-corrected chi connectivity index (χ0v) is 16.1. The summed E-state index contributed by atoms with van der Waals surface area (Å²) in [5.74, 6) is -0.609. The molecule has 0 N–H and O–H groups in total. The van der Waals surface area contributed by atoms with Crippen LogP contribution in [0, 0.1) is 11.8 Å². The minimum Gasteiger partial charge on any atom is -0.476 e. The molecule has 0 spiro atoms. The van der Waals surface area contributed by atoms with E-state index in [0.29, 0.717) is 12.2 Å². The third-order valence-corrected chi connectivity index (χ3v) is 4.80. The lowest BCUT2D eigenvalue weighted by Crippen LogP contribution is -2.32. The predicted octanol–water partition coefficient (Wildman–Crippen LogP) is 3.05. The first-order valence-corrected chi connectivity index (χ1v) is 8.63. The van der Waals surface area contributed by atoms with Crippen molar-refractivity contribution in [3.63, 3.8) is 0 Å². The molecule has 6 heteroatoms. The maximum Gasteiger partial charge on any atom is 0.286 e. The summed E-state index contributed by atoms with van der Waals surface area (Å²) in [6.07, 6.45) is 3.62. The van der Waals surface area contributed by atoms with Crippen molar-refractivity contribution in [2.24, 2.45) is 16.9 Å². The second kappa shape index (κ2) is 7.25. The largest absolute Gasteiger partial charge is 0.476 e. The van der Waals surface area contributed by atoms with E-state index in [0.717, 1.165) is 10.7 Å². The number of allylic oxidation sites excluding steroid dienone is 4. The van der Waals surface area contributed by atoms with Crippen LogP contribution < -0.4 is 0 Å². The van der Waals surface area contributed by atoms with Gasteiger partial charge in [-0.3, -0.25) is 9.59 Å². The molecule has 1 atom stereocenters. The highest BCUT2D eigenvalue weighted by Gasteiger charge is 2.36. The monoisotopic (exact) mass is 345 g/mol. The second-order valence-corrected chi connectivity index (χ2v) is 6.67. The molecule has 2 aliphatic rings. The Morgan fingerprint density at radius 1 is 1.32 bits per heavy atom. The zero-order chi connectivity index (χ0) is 18.9. The summed E-state index contributed by atoms with van der Waals surface area (Å²) >= 11 is 0. The molecule has 2 heterocycles. The van der Waals surface area contributed by atoms with Crippen molar-refractivity contribution in [2.45, 2.75) is 41.5 Å². The van der Waals surface area contributed by atoms with Crippen molar-refractivity contribution >= 4 is 17.7 Å². The SMILES string of the molecule is CCOC1=NN(C(=O)C(C)C)C(=O)/C1=C/C=C1/C(C)C(C)=C(C)N1C. The number of carbonyl (C=O) groups is 2. The minimum atomic E-state index is -0.436. The summed E-state index contributed by atoms with van der Waals surface area (Å²) in [7, 11) is 2.01. The van der Waals surface area contributed by atoms with Crippen LogP contribution in [0.4, 0.5) is 0 Å². The number of imide groups is 1. The summed E-state index contributed by atoms with van der Waals surface area (Å²) in [6.45, 7) is 12.0. The van der Waals surface area contributed by atoms with Crippen molar-refractivity contribution in [2.75, 3.05) is 13.7 Å². The fraction of sp³-hybridized carbons (Fsp3) is 0.526. The van der Waals surface area contributed by atoms with Gasteiger partial charge in [-0.25, -0.2) is 0 Å². The highest BCUT2D eigenvalue weighted by Crippen LogP contribution is 2.35. The van der Waals surface area contributed by atoms with Crippen LogP contribution in [0.1, 0.15) is 41.5 Å². The number of amides is 2. The quantitative estimate of drug-likeness (QED) is 0.738. The molecular formula is C19H27N3O3. The van der Waals surface area contributed by atoms with Gasteiger partial charge in [-0.1, -0.05) is 20.8 Å². The highest BCUT2D eigenvalue weighted by atomic mass is 16.5. The van der Waals surface area contributed by atoms with Gasteiger partial charge in [0.15, 0.2) is 0 Å². The minimum absolute atomic E-state index is 0.202. The predicted molar refractivity (Wildman–Crippen MR) is 97.2 cm³/mol. The lowest BCUT2D eigenvalue weighted by molar-refractivity contribution is -0.143. The number of hydrazone groups is 1. The first-order chi connectivity index (χ1) is 11.7. The molecule has 0 aliphatic carbocycles. The molecule has 25 heavy (non-hydrogen) atoms. The summed E-state index contributed by atoms with van der Waals surface area (Å²) in [5, 5.41) is 4.99. The van der Waals surface area contributed by atoms with Gasteiger partial charge < -0.3 is 9.64 Å². The van der Waals surface area contributed by atoms with Crippen LogP contribution in [0.5, 0.6) is 0 Å². The number of nitrogens with zero attached hydrogens (tertiary/aromatic N) is 3. The molecule has 0 saturated heterocycles. The Hall–Kier alpha value is -2.37. The van der Waals surface area contributed by atoms with E-state index in [1.807, 2.05) is 20.0 Å². The van der Waals surface area contributed by atoms with Gasteiger partial charge in [0.1, 0.15) is 5.57 Å². The van der Waals surface area contributed by atoms with E-state index >= 15 is 0 Å². The molecule has 0 fully saturated rings. The molecule has 0 bridgehead atoms. The van der Waals surface area contributed by atoms with Crippen LogP contribution in [0.3, 0.4) is 0 Å². The Balaban J connectivity index is 2.36. The normalized spacial score (nSPS) is 24.2. The van der Waals surface area contributed by atoms with Gasteiger partial charge in [0.25, 0.3) is 11.8 Å². The average molecular weight is 345 g/mol. The summed E-state index contributed by atoms with van der Waals surface area (Å²) in [6, 6.07) is 0. The number of hydrogen-bond acceptors (Lipinski definition) is 5. The Morgan fingerprint density at radius 2 is 1.96 bits per heavy atom. The van der Waals surface area contributed by atoms with E-state index in [-0.39, 0.29) is 23.6 Å². The maximum atomic E-state index is 12.6. The van der Waals surface area contributed by atoms with Crippen LogP contribution >= 0.6 is 0 Å². The van der Waals surface area contributed by atoms with Gasteiger partial charge in [-0.05, 0) is 38.5 Å². The molecule has 1 unspecified atom stereocenters. The van der Waals surface area contributed by atoms with E-state index in [1.54, 1.807) is 19.9 Å². The number of hydrogen-bond donors (Lipinski definition) is 0. The van der Waals surface area contributed by atoms with E-state index < -0.39 is 5.91 Å². The smallest absolute Gasteiger partial charge is 0.286 e. The molecule has 0 aromatic carbocycles. The molecule has 2 amide bonds. The molecule has 2 aliphatic heterocycles. The van der Waals surface area contributed by atoms with Gasteiger partial charge in [0.2, 0.25) is 5.90 Å². The summed E-state index contributed by atoms with van der Waals surface area (Å²) in [4.78, 5) is 26.9. The molecular weight excluding hydrogens is 318 g/mol. The van der Waals surface area contributed by atoms with Crippen LogP contribution in [0.2, 0.25) is 0 Å². The maximum absolute atomic E-state index is 12.6. The summed E-state index contributed by atoms with van der Waals surface area (Å²) < 4.78 is 5.47. The molecule has 6 nitrogen and oxygen atoms in total. The number of rotatable bonds is 3. The molecule has 0 saturated carbocycles. The highest BCUT2D eigenvalue weighted by molar-refractivity contribution is 6.25. The van der Waals surface area contributed by atoms with E-state index in [1.165, 1.54) is 11.3 Å². The summed E-state index contributed by atoms with van der Waals surface area (Å²) in [5.41, 5.74) is 3.93. The second-order valence-electron chi connectivity index (χ2n) is 6.67. The first-order valence-electron chi connectivity index (χ1n) is 8.63. The molecule has 2 rings (SSSR count). The molecule has 0 radical (unpaired) electrons. The van der Waals surface area contributed by atoms with E-state index in [4.69, 9.17) is 4.74 Å². The van der Waals surface area contributed by atoms with Gasteiger partial charge in [-0.15, -0.1) is 5.10 Å². The van der Waals surface area contributed by atoms with Crippen LogP contribution in [-0.4, -0.2) is 41.3 Å². The van der Waals surface area contributed by atoms with Crippen molar-refractivity contribution < 1.29 is 14.3 Å². The Morgan fingerprint density at radius 3 is 2.44 bits per heavy atom. The lowest BCUT2D eigenvalue weighted by Gasteiger charge is -2.17. The van der Waals surface area contributed by atoms with Gasteiger partial charge in [0, 0.05) is 30.3 Å². The van der Waals surface area contributed by atoms with Crippen molar-refractivity contribution in [3.05, 3.63) is 34.7 Å². The number of ether oxygens (including phenoxy) is 1. The van der Waals surface area contributed by atoms with Gasteiger partial charge in [0.05, 0.1) is 6.61 Å². The van der Waals surface area contributed by atoms with Crippen LogP contribution in [-0.2, 0) is 14.3 Å². The fourth-order valence-electron chi connectivity index (χ4n) is 2.88. The van der Waals surface area contributed by atoms with Gasteiger partial charge in [-0.2, -0.15) is 5.01 Å². The number of carbonyl (C=O) groups excluding carboxylic acids is 2. The fourth-order valence-corrected chi connectivity index (χ4v) is 2.88. The van der Waals surface area contributed by atoms with Crippen LogP contribution in [0.15, 0.2) is 39.8 Å². The van der Waals surface area contributed by atoms with Crippen molar-refractivity contribution in [3.8, 4) is 0 Å². The Bertz CT molecular complexity index is 693. The third kappa shape index (κ3) is 3.38. The lowest BCUT2D eigenvalue weighted by atomic mass is 10.0. The van der Waals surface area contributed by atoms with Crippen molar-refractivity contribution in [1.82, 2.24) is 9.91 Å². The van der Waals surface area contributed by atoms with Crippen molar-refractivity contribution in [1.29, 1.82) is 0 Å². The zero-order valence-electron chi connectivity index (χ0n) is 16.1. The molecule has 136 valence electrons. The van der Waals surface area contributed by atoms with E-state index in [9.17, 15) is 9.59 Å². The molecule has 0 aromatic rings. The Labute approximate surface area is 149 Å². The van der Waals surface area contributed by atoms with E-state index in [2.05, 4.69) is 30.8 Å². The molecule has 0 aromatic heterocycles. The van der Waals surface area contributed by atoms with Crippen LogP contribution in [0.25, 0.3) is 0 Å². The standard InChI is InChI=1S/C19H27N3O3/c1-8-25-17-15(19(24)22(20-17)18(23)11(2)3)9-10-16-13(5)12(4)14(6)21(16)7/h9-11,13H,8H2,1-7H3/b15-9+,16-10-. The average Bonchev–Trinajstić information content (AvgIpc) is 2.96. The van der Waals surface area contributed by atoms with Gasteiger partial charge >= 0.3 is 0 Å². The third-order valence-electron chi connectivity index (χ3n) is 4.80.